The first kappa shape index (κ1) is 20.8. The zero-order chi connectivity index (χ0) is 21.1. The van der Waals surface area contributed by atoms with E-state index in [9.17, 15) is 9.18 Å². The van der Waals surface area contributed by atoms with E-state index in [1.54, 1.807) is 6.07 Å². The molecule has 2 saturated heterocycles. The highest BCUT2D eigenvalue weighted by Gasteiger charge is 2.35. The summed E-state index contributed by atoms with van der Waals surface area (Å²) in [6.45, 7) is 6.65. The van der Waals surface area contributed by atoms with Crippen molar-refractivity contribution < 1.29 is 9.18 Å². The SMILES string of the molecule is CCCc1cccc(F)c1C1CC1.Cc1ccc(N2CCN3C(=O)CC[C@H]3C2)nn1. The quantitative estimate of drug-likeness (QED) is 0.756. The molecule has 160 valence electrons. The third-order valence-electron chi connectivity index (χ3n) is 6.25. The Labute approximate surface area is 178 Å². The van der Waals surface area contributed by atoms with E-state index in [1.165, 1.54) is 18.4 Å². The minimum Gasteiger partial charge on any atom is -0.351 e. The molecule has 0 spiro atoms. The lowest BCUT2D eigenvalue weighted by Crippen LogP contribution is -2.51. The standard InChI is InChI=1S/C12H15F.C12H16N4O/c1-2-4-9-5-3-6-11(13)12(9)10-7-8-10;1-9-2-4-11(14-13-9)15-6-7-16-10(8-15)3-5-12(16)17/h3,5-6,10H,2,4,7-8H2,1H3;2,4,10H,3,5-8H2,1H3/t;10-/m.0/s1. The summed E-state index contributed by atoms with van der Waals surface area (Å²) in [4.78, 5) is 15.8. The van der Waals surface area contributed by atoms with Crippen LogP contribution >= 0.6 is 0 Å². The lowest BCUT2D eigenvalue weighted by Gasteiger charge is -2.37. The molecule has 0 unspecified atom stereocenters. The molecule has 5 nitrogen and oxygen atoms in total. The van der Waals surface area contributed by atoms with Gasteiger partial charge < -0.3 is 9.80 Å². The van der Waals surface area contributed by atoms with Crippen molar-refractivity contribution in [3.05, 3.63) is 53.0 Å². The summed E-state index contributed by atoms with van der Waals surface area (Å²) < 4.78 is 13.5. The largest absolute Gasteiger partial charge is 0.351 e. The van der Waals surface area contributed by atoms with Crippen LogP contribution in [0.2, 0.25) is 0 Å². The number of aromatic nitrogens is 2. The zero-order valence-electron chi connectivity index (χ0n) is 18.0. The number of hydrogen-bond donors (Lipinski definition) is 0. The van der Waals surface area contributed by atoms with E-state index in [0.29, 0.717) is 24.3 Å². The number of piperazine rings is 1. The second-order valence-electron chi connectivity index (χ2n) is 8.60. The van der Waals surface area contributed by atoms with Crippen molar-refractivity contribution in [1.82, 2.24) is 15.1 Å². The van der Waals surface area contributed by atoms with Gasteiger partial charge in [0.2, 0.25) is 5.91 Å². The molecule has 3 aliphatic rings. The Morgan fingerprint density at radius 3 is 2.63 bits per heavy atom. The molecule has 3 fully saturated rings. The minimum atomic E-state index is 0.00782. The van der Waals surface area contributed by atoms with Crippen LogP contribution in [0.4, 0.5) is 10.2 Å². The van der Waals surface area contributed by atoms with Gasteiger partial charge in [0.1, 0.15) is 5.82 Å². The maximum Gasteiger partial charge on any atom is 0.223 e. The molecule has 1 aromatic carbocycles. The van der Waals surface area contributed by atoms with Crippen LogP contribution in [-0.2, 0) is 11.2 Å². The topological polar surface area (TPSA) is 49.3 Å². The van der Waals surface area contributed by atoms with Crippen LogP contribution in [0.1, 0.15) is 61.8 Å². The van der Waals surface area contributed by atoms with Gasteiger partial charge >= 0.3 is 0 Å². The van der Waals surface area contributed by atoms with Crippen LogP contribution in [0.3, 0.4) is 0 Å². The van der Waals surface area contributed by atoms with Crippen LogP contribution in [0.5, 0.6) is 0 Å². The lowest BCUT2D eigenvalue weighted by atomic mass is 9.99. The number of benzene rings is 1. The number of aryl methyl sites for hydroxylation is 2. The molecule has 1 aliphatic carbocycles. The van der Waals surface area contributed by atoms with Crippen molar-refractivity contribution in [2.75, 3.05) is 24.5 Å². The maximum absolute atomic E-state index is 13.5. The molecule has 2 aliphatic heterocycles. The fourth-order valence-corrected chi connectivity index (χ4v) is 4.53. The van der Waals surface area contributed by atoms with Crippen LogP contribution in [-0.4, -0.2) is 46.7 Å². The van der Waals surface area contributed by atoms with Crippen molar-refractivity contribution in [1.29, 1.82) is 0 Å². The van der Waals surface area contributed by atoms with Gasteiger partial charge in [-0.15, -0.1) is 5.10 Å². The first-order chi connectivity index (χ1) is 14.6. The van der Waals surface area contributed by atoms with Gasteiger partial charge in [0.15, 0.2) is 5.82 Å². The summed E-state index contributed by atoms with van der Waals surface area (Å²) in [7, 11) is 0. The van der Waals surface area contributed by atoms with Gasteiger partial charge in [-0.05, 0) is 67.9 Å². The van der Waals surface area contributed by atoms with E-state index in [2.05, 4.69) is 28.1 Å². The van der Waals surface area contributed by atoms with Gasteiger partial charge in [-0.25, -0.2) is 4.39 Å². The molecule has 1 aromatic heterocycles. The van der Waals surface area contributed by atoms with Crippen molar-refractivity contribution >= 4 is 11.7 Å². The number of carbonyl (C=O) groups is 1. The predicted octanol–water partition coefficient (Wildman–Crippen LogP) is 4.25. The van der Waals surface area contributed by atoms with E-state index in [0.717, 1.165) is 56.0 Å². The number of halogens is 1. The molecule has 6 heteroatoms. The Morgan fingerprint density at radius 1 is 1.10 bits per heavy atom. The van der Waals surface area contributed by atoms with Crippen molar-refractivity contribution in [2.45, 2.75) is 64.3 Å². The Bertz CT molecular complexity index is 881. The molecule has 30 heavy (non-hydrogen) atoms. The number of hydrogen-bond acceptors (Lipinski definition) is 4. The molecule has 1 amide bonds. The number of anilines is 1. The van der Waals surface area contributed by atoms with Crippen LogP contribution in [0, 0.1) is 12.7 Å². The highest BCUT2D eigenvalue weighted by atomic mass is 19.1. The number of carbonyl (C=O) groups excluding carboxylic acids is 1. The number of rotatable bonds is 4. The second-order valence-corrected chi connectivity index (χ2v) is 8.60. The van der Waals surface area contributed by atoms with Gasteiger partial charge in [0, 0.05) is 32.1 Å². The average molecular weight is 411 g/mol. The number of fused-ring (bicyclic) bond motifs is 1. The summed E-state index contributed by atoms with van der Waals surface area (Å²) in [6, 6.07) is 9.85. The van der Waals surface area contributed by atoms with Crippen molar-refractivity contribution in [3.8, 4) is 0 Å². The van der Waals surface area contributed by atoms with E-state index in [4.69, 9.17) is 0 Å². The zero-order valence-corrected chi connectivity index (χ0v) is 18.0. The predicted molar refractivity (Wildman–Crippen MR) is 116 cm³/mol. The van der Waals surface area contributed by atoms with Crippen molar-refractivity contribution in [3.63, 3.8) is 0 Å². The van der Waals surface area contributed by atoms with Gasteiger partial charge in [-0.2, -0.15) is 5.10 Å². The average Bonchev–Trinajstić information content (AvgIpc) is 3.52. The molecular weight excluding hydrogens is 379 g/mol. The third-order valence-corrected chi connectivity index (χ3v) is 6.25. The fourth-order valence-electron chi connectivity index (χ4n) is 4.53. The van der Waals surface area contributed by atoms with E-state index >= 15 is 0 Å². The molecule has 1 saturated carbocycles. The molecule has 5 rings (SSSR count). The Hall–Kier alpha value is -2.50. The van der Waals surface area contributed by atoms with Gasteiger partial charge in [0.25, 0.3) is 0 Å². The molecule has 1 atom stereocenters. The summed E-state index contributed by atoms with van der Waals surface area (Å²) >= 11 is 0. The molecule has 0 radical (unpaired) electrons. The van der Waals surface area contributed by atoms with Gasteiger partial charge in [0.05, 0.1) is 5.69 Å². The van der Waals surface area contributed by atoms with Crippen LogP contribution < -0.4 is 4.90 Å². The first-order valence-corrected chi connectivity index (χ1v) is 11.2. The highest BCUT2D eigenvalue weighted by molar-refractivity contribution is 5.79. The Balaban J connectivity index is 0.000000151. The smallest absolute Gasteiger partial charge is 0.223 e. The molecule has 3 heterocycles. The fraction of sp³-hybridized carbons (Fsp3) is 0.542. The van der Waals surface area contributed by atoms with Gasteiger partial charge in [-0.3, -0.25) is 4.79 Å². The van der Waals surface area contributed by atoms with Crippen LogP contribution in [0.15, 0.2) is 30.3 Å². The minimum absolute atomic E-state index is 0.00782. The van der Waals surface area contributed by atoms with E-state index in [-0.39, 0.29) is 5.82 Å². The van der Waals surface area contributed by atoms with E-state index in [1.807, 2.05) is 30.0 Å². The van der Waals surface area contributed by atoms with Crippen molar-refractivity contribution in [2.24, 2.45) is 0 Å². The normalized spacial score (nSPS) is 20.6. The lowest BCUT2D eigenvalue weighted by molar-refractivity contribution is -0.129. The highest BCUT2D eigenvalue weighted by Crippen LogP contribution is 2.43. The molecule has 0 bridgehead atoms. The number of nitrogens with zero attached hydrogens (tertiary/aromatic N) is 4. The monoisotopic (exact) mass is 410 g/mol. The number of amides is 1. The molecular formula is C24H31FN4O. The molecule has 0 N–H and O–H groups in total. The maximum atomic E-state index is 13.5. The summed E-state index contributed by atoms with van der Waals surface area (Å²) in [6.07, 6.45) is 6.16. The first-order valence-electron chi connectivity index (χ1n) is 11.2. The summed E-state index contributed by atoms with van der Waals surface area (Å²) in [5.74, 6) is 1.77. The summed E-state index contributed by atoms with van der Waals surface area (Å²) in [5, 5.41) is 8.29. The third kappa shape index (κ3) is 4.63. The van der Waals surface area contributed by atoms with Crippen LogP contribution in [0.25, 0.3) is 0 Å². The Morgan fingerprint density at radius 2 is 1.93 bits per heavy atom. The van der Waals surface area contributed by atoms with E-state index < -0.39 is 0 Å². The second kappa shape index (κ2) is 9.11. The summed E-state index contributed by atoms with van der Waals surface area (Å²) in [5.41, 5.74) is 3.16. The Kier molecular flexibility index (Phi) is 6.30. The van der Waals surface area contributed by atoms with Gasteiger partial charge in [-0.1, -0.05) is 25.5 Å². The molecule has 2 aromatic rings.